The maximum Gasteiger partial charge on any atom is 0.350 e. The molecule has 0 aliphatic heterocycles. The van der Waals surface area contributed by atoms with Gasteiger partial charge in [-0.25, -0.2) is 4.79 Å². The van der Waals surface area contributed by atoms with E-state index in [2.05, 4.69) is 10.1 Å². The molecule has 112 valence electrons. The average molecular weight is 305 g/mol. The summed E-state index contributed by atoms with van der Waals surface area (Å²) >= 11 is 0. The van der Waals surface area contributed by atoms with Gasteiger partial charge in [0.15, 0.2) is 5.82 Å². The largest absolute Gasteiger partial charge is 0.472 e. The van der Waals surface area contributed by atoms with E-state index in [0.29, 0.717) is 5.56 Å². The van der Waals surface area contributed by atoms with E-state index in [-0.39, 0.29) is 18.3 Å². The standard InChI is InChI=1S/C11H7N5O6/c17-9-7(16(19)20)3-15(11(18)13-9)4-8-12-10(22-14-8)6-1-2-21-5-6/h1-3,5H,4H2,(H,13,17,18). The van der Waals surface area contributed by atoms with E-state index in [1.54, 1.807) is 6.07 Å². The molecular formula is C11H7N5O6. The molecule has 0 fully saturated rings. The van der Waals surface area contributed by atoms with Crippen molar-refractivity contribution in [2.24, 2.45) is 0 Å². The fraction of sp³-hybridized carbons (Fsp3) is 0.0909. The van der Waals surface area contributed by atoms with Gasteiger partial charge in [-0.1, -0.05) is 5.16 Å². The highest BCUT2D eigenvalue weighted by molar-refractivity contribution is 5.49. The molecule has 0 saturated heterocycles. The van der Waals surface area contributed by atoms with Gasteiger partial charge in [0, 0.05) is 0 Å². The average Bonchev–Trinajstić information content (AvgIpc) is 3.12. The molecule has 3 rings (SSSR count). The van der Waals surface area contributed by atoms with Gasteiger partial charge in [0.05, 0.1) is 29.5 Å². The highest BCUT2D eigenvalue weighted by Gasteiger charge is 2.17. The first kappa shape index (κ1) is 13.5. The van der Waals surface area contributed by atoms with Crippen LogP contribution in [-0.4, -0.2) is 24.6 Å². The second-order valence-electron chi connectivity index (χ2n) is 4.19. The van der Waals surface area contributed by atoms with Crippen LogP contribution in [0, 0.1) is 10.1 Å². The van der Waals surface area contributed by atoms with Crippen molar-refractivity contribution in [3.63, 3.8) is 0 Å². The molecule has 1 N–H and O–H groups in total. The zero-order valence-corrected chi connectivity index (χ0v) is 10.8. The first-order valence-electron chi connectivity index (χ1n) is 5.88. The highest BCUT2D eigenvalue weighted by atomic mass is 16.6. The van der Waals surface area contributed by atoms with E-state index in [1.807, 2.05) is 4.98 Å². The molecule has 3 aromatic heterocycles. The molecule has 0 aliphatic rings. The van der Waals surface area contributed by atoms with Gasteiger partial charge in [0.25, 0.3) is 5.89 Å². The van der Waals surface area contributed by atoms with E-state index < -0.39 is 21.9 Å². The summed E-state index contributed by atoms with van der Waals surface area (Å²) in [5, 5.41) is 14.4. The number of hydrogen-bond donors (Lipinski definition) is 1. The van der Waals surface area contributed by atoms with Crippen molar-refractivity contribution in [1.29, 1.82) is 0 Å². The molecule has 0 saturated carbocycles. The summed E-state index contributed by atoms with van der Waals surface area (Å²) in [6, 6.07) is 1.61. The monoisotopic (exact) mass is 305 g/mol. The number of nitrogens with zero attached hydrogens (tertiary/aromatic N) is 4. The smallest absolute Gasteiger partial charge is 0.350 e. The van der Waals surface area contributed by atoms with Gasteiger partial charge in [-0.05, 0) is 6.07 Å². The third-order valence-corrected chi connectivity index (χ3v) is 2.74. The van der Waals surface area contributed by atoms with Crippen molar-refractivity contribution in [2.75, 3.05) is 0 Å². The Kier molecular flexibility index (Phi) is 3.14. The van der Waals surface area contributed by atoms with Gasteiger partial charge in [-0.15, -0.1) is 0 Å². The van der Waals surface area contributed by atoms with Crippen LogP contribution in [0.1, 0.15) is 5.82 Å². The zero-order chi connectivity index (χ0) is 15.7. The zero-order valence-electron chi connectivity index (χ0n) is 10.8. The molecule has 11 nitrogen and oxygen atoms in total. The quantitative estimate of drug-likeness (QED) is 0.528. The Morgan fingerprint density at radius 2 is 2.23 bits per heavy atom. The predicted octanol–water partition coefficient (Wildman–Crippen LogP) is 0.136. The molecule has 11 heteroatoms. The summed E-state index contributed by atoms with van der Waals surface area (Å²) in [5.41, 5.74) is -2.08. The molecule has 0 atom stereocenters. The number of aromatic nitrogens is 4. The van der Waals surface area contributed by atoms with Crippen LogP contribution in [0.5, 0.6) is 0 Å². The number of nitrogens with one attached hydrogen (secondary N) is 1. The topological polar surface area (TPSA) is 150 Å². The lowest BCUT2D eigenvalue weighted by atomic mass is 10.3. The summed E-state index contributed by atoms with van der Waals surface area (Å²) in [6.07, 6.45) is 3.65. The van der Waals surface area contributed by atoms with Crippen LogP contribution in [0.4, 0.5) is 5.69 Å². The van der Waals surface area contributed by atoms with Crippen LogP contribution in [0.3, 0.4) is 0 Å². The first-order valence-corrected chi connectivity index (χ1v) is 5.88. The molecule has 0 aromatic carbocycles. The second kappa shape index (κ2) is 5.12. The van der Waals surface area contributed by atoms with Crippen LogP contribution < -0.4 is 11.2 Å². The van der Waals surface area contributed by atoms with Crippen molar-refractivity contribution < 1.29 is 13.9 Å². The van der Waals surface area contributed by atoms with Crippen LogP contribution in [0.15, 0.2) is 43.3 Å². The van der Waals surface area contributed by atoms with Crippen molar-refractivity contribution >= 4 is 5.69 Å². The van der Waals surface area contributed by atoms with Gasteiger partial charge in [-0.3, -0.25) is 24.5 Å². The third-order valence-electron chi connectivity index (χ3n) is 2.74. The Morgan fingerprint density at radius 3 is 2.91 bits per heavy atom. The van der Waals surface area contributed by atoms with Crippen molar-refractivity contribution in [1.82, 2.24) is 19.7 Å². The van der Waals surface area contributed by atoms with Gasteiger partial charge < -0.3 is 8.94 Å². The Morgan fingerprint density at radius 1 is 1.41 bits per heavy atom. The minimum Gasteiger partial charge on any atom is -0.472 e. The molecule has 0 bridgehead atoms. The number of H-pyrrole nitrogens is 1. The molecule has 0 radical (unpaired) electrons. The maximum absolute atomic E-state index is 11.6. The summed E-state index contributed by atoms with van der Waals surface area (Å²) in [5.74, 6) is 0.287. The fourth-order valence-corrected chi connectivity index (χ4v) is 1.72. The predicted molar refractivity (Wildman–Crippen MR) is 69.1 cm³/mol. The van der Waals surface area contributed by atoms with Crippen LogP contribution in [0.2, 0.25) is 0 Å². The van der Waals surface area contributed by atoms with Crippen LogP contribution in [-0.2, 0) is 6.54 Å². The highest BCUT2D eigenvalue weighted by Crippen LogP contribution is 2.17. The first-order chi connectivity index (χ1) is 10.5. The number of aromatic amines is 1. The van der Waals surface area contributed by atoms with Gasteiger partial charge >= 0.3 is 16.9 Å². The molecule has 0 amide bonds. The molecule has 0 aliphatic carbocycles. The second-order valence-corrected chi connectivity index (χ2v) is 4.19. The van der Waals surface area contributed by atoms with Crippen molar-refractivity contribution in [3.05, 3.63) is 61.6 Å². The van der Waals surface area contributed by atoms with Crippen LogP contribution >= 0.6 is 0 Å². The maximum atomic E-state index is 11.6. The Bertz CT molecular complexity index is 935. The van der Waals surface area contributed by atoms with E-state index in [9.17, 15) is 19.7 Å². The normalized spacial score (nSPS) is 10.7. The Hall–Kier alpha value is -3.50. The number of furan rings is 1. The summed E-state index contributed by atoms with van der Waals surface area (Å²) in [6.45, 7) is -0.197. The van der Waals surface area contributed by atoms with E-state index in [1.165, 1.54) is 12.5 Å². The Labute approximate surface area is 120 Å². The molecular weight excluding hydrogens is 298 g/mol. The van der Waals surface area contributed by atoms with Crippen molar-refractivity contribution in [2.45, 2.75) is 6.54 Å². The van der Waals surface area contributed by atoms with Gasteiger partial charge in [-0.2, -0.15) is 4.98 Å². The van der Waals surface area contributed by atoms with Gasteiger partial charge in [0.2, 0.25) is 0 Å². The molecule has 3 aromatic rings. The fourth-order valence-electron chi connectivity index (χ4n) is 1.72. The van der Waals surface area contributed by atoms with Crippen molar-refractivity contribution in [3.8, 4) is 11.5 Å². The molecule has 0 unspecified atom stereocenters. The number of rotatable bonds is 4. The van der Waals surface area contributed by atoms with E-state index in [4.69, 9.17) is 8.94 Å². The molecule has 3 heterocycles. The lowest BCUT2D eigenvalue weighted by molar-refractivity contribution is -0.386. The summed E-state index contributed by atoms with van der Waals surface area (Å²) in [7, 11) is 0. The minimum absolute atomic E-state index is 0.111. The number of nitro groups is 1. The summed E-state index contributed by atoms with van der Waals surface area (Å²) in [4.78, 5) is 38.6. The third kappa shape index (κ3) is 2.42. The minimum atomic E-state index is -1.07. The Balaban J connectivity index is 1.94. The van der Waals surface area contributed by atoms with E-state index in [0.717, 1.165) is 10.8 Å². The SMILES string of the molecule is O=c1[nH]c(=O)n(Cc2noc(-c3ccoc3)n2)cc1[N+](=O)[O-]. The van der Waals surface area contributed by atoms with Crippen LogP contribution in [0.25, 0.3) is 11.5 Å². The molecule has 22 heavy (non-hydrogen) atoms. The lowest BCUT2D eigenvalue weighted by Gasteiger charge is -2.00. The van der Waals surface area contributed by atoms with Gasteiger partial charge in [0.1, 0.15) is 6.26 Å². The van der Waals surface area contributed by atoms with E-state index >= 15 is 0 Å². The molecule has 0 spiro atoms. The summed E-state index contributed by atoms with van der Waals surface area (Å²) < 4.78 is 10.8. The number of hydrogen-bond acceptors (Lipinski definition) is 8. The lowest BCUT2D eigenvalue weighted by Crippen LogP contribution is -2.31.